The normalized spacial score (nSPS) is 11.2. The number of hydrogen-bond acceptors (Lipinski definition) is 5. The Morgan fingerprint density at radius 1 is 1.43 bits per heavy atom. The summed E-state index contributed by atoms with van der Waals surface area (Å²) in [5.41, 5.74) is 0.0331. The molecule has 23 heavy (non-hydrogen) atoms. The SMILES string of the molecule is CC(C)(C)OC(=O)Nc1cc(NCc2ncc(Cl)s2)ccc1F. The molecule has 1 aromatic heterocycles. The van der Waals surface area contributed by atoms with Gasteiger partial charge in [0.25, 0.3) is 0 Å². The smallest absolute Gasteiger partial charge is 0.412 e. The van der Waals surface area contributed by atoms with Gasteiger partial charge in [-0.3, -0.25) is 5.32 Å². The van der Waals surface area contributed by atoms with Crippen LogP contribution in [0.5, 0.6) is 0 Å². The quantitative estimate of drug-likeness (QED) is 0.817. The van der Waals surface area contributed by atoms with Crippen molar-refractivity contribution in [2.24, 2.45) is 0 Å². The number of nitrogens with zero attached hydrogens (tertiary/aromatic N) is 1. The van der Waals surface area contributed by atoms with E-state index in [1.54, 1.807) is 33.0 Å². The number of hydrogen-bond donors (Lipinski definition) is 2. The first-order valence-corrected chi connectivity index (χ1v) is 8.06. The molecule has 0 saturated carbocycles. The van der Waals surface area contributed by atoms with Gasteiger partial charge in [0.15, 0.2) is 0 Å². The molecule has 2 aromatic rings. The van der Waals surface area contributed by atoms with Gasteiger partial charge < -0.3 is 10.1 Å². The van der Waals surface area contributed by atoms with E-state index in [1.165, 1.54) is 23.5 Å². The first-order valence-electron chi connectivity index (χ1n) is 6.86. The van der Waals surface area contributed by atoms with E-state index >= 15 is 0 Å². The Balaban J connectivity index is 2.02. The minimum atomic E-state index is -0.708. The van der Waals surface area contributed by atoms with Crippen molar-refractivity contribution in [1.82, 2.24) is 4.98 Å². The maximum Gasteiger partial charge on any atom is 0.412 e. The van der Waals surface area contributed by atoms with E-state index in [0.29, 0.717) is 16.6 Å². The summed E-state index contributed by atoms with van der Waals surface area (Å²) in [6.07, 6.45) is 0.865. The number of carbonyl (C=O) groups excluding carboxylic acids is 1. The molecular formula is C15H17ClFN3O2S. The summed E-state index contributed by atoms with van der Waals surface area (Å²) in [6, 6.07) is 4.34. The fourth-order valence-electron chi connectivity index (χ4n) is 1.69. The maximum atomic E-state index is 13.8. The molecule has 8 heteroatoms. The van der Waals surface area contributed by atoms with E-state index in [9.17, 15) is 9.18 Å². The Morgan fingerprint density at radius 2 is 2.17 bits per heavy atom. The zero-order chi connectivity index (χ0) is 17.0. The molecule has 0 aliphatic heterocycles. The van der Waals surface area contributed by atoms with E-state index < -0.39 is 17.5 Å². The highest BCUT2D eigenvalue weighted by atomic mass is 35.5. The number of amides is 1. The number of rotatable bonds is 4. The standard InChI is InChI=1S/C15H17ClFN3O2S/c1-15(2,3)22-14(21)20-11-6-9(4-5-10(11)17)18-8-13-19-7-12(16)23-13/h4-7,18H,8H2,1-3H3,(H,20,21). The molecule has 0 radical (unpaired) electrons. The lowest BCUT2D eigenvalue weighted by Gasteiger charge is -2.20. The third-order valence-electron chi connectivity index (χ3n) is 2.57. The number of benzene rings is 1. The summed E-state index contributed by atoms with van der Waals surface area (Å²) in [5.74, 6) is -0.543. The fourth-order valence-corrected chi connectivity index (χ4v) is 2.59. The molecule has 0 aliphatic carbocycles. The lowest BCUT2D eigenvalue weighted by atomic mass is 10.2. The molecule has 1 aromatic carbocycles. The van der Waals surface area contributed by atoms with Crippen LogP contribution in [-0.2, 0) is 11.3 Å². The Bertz CT molecular complexity index is 700. The van der Waals surface area contributed by atoms with Crippen molar-refractivity contribution >= 4 is 40.4 Å². The van der Waals surface area contributed by atoms with Crippen LogP contribution in [0.25, 0.3) is 0 Å². The Morgan fingerprint density at radius 3 is 2.78 bits per heavy atom. The molecule has 1 heterocycles. The minimum absolute atomic E-state index is 0.0430. The molecule has 0 spiro atoms. The second kappa shape index (κ2) is 7.14. The zero-order valence-corrected chi connectivity index (χ0v) is 14.5. The number of halogens is 2. The molecule has 0 unspecified atom stereocenters. The van der Waals surface area contributed by atoms with Crippen molar-refractivity contribution in [1.29, 1.82) is 0 Å². The molecule has 124 valence electrons. The van der Waals surface area contributed by atoms with Crippen LogP contribution < -0.4 is 10.6 Å². The Hall–Kier alpha value is -1.86. The van der Waals surface area contributed by atoms with Crippen LogP contribution in [-0.4, -0.2) is 16.7 Å². The predicted molar refractivity (Wildman–Crippen MR) is 90.7 cm³/mol. The fraction of sp³-hybridized carbons (Fsp3) is 0.333. The largest absolute Gasteiger partial charge is 0.444 e. The highest BCUT2D eigenvalue weighted by Gasteiger charge is 2.17. The van der Waals surface area contributed by atoms with Crippen LogP contribution in [0.4, 0.5) is 20.6 Å². The second-order valence-corrected chi connectivity index (χ2v) is 7.48. The molecule has 2 N–H and O–H groups in total. The van der Waals surface area contributed by atoms with Gasteiger partial charge in [-0.2, -0.15) is 0 Å². The third kappa shape index (κ3) is 5.69. The van der Waals surface area contributed by atoms with E-state index in [2.05, 4.69) is 15.6 Å². The van der Waals surface area contributed by atoms with E-state index in [4.69, 9.17) is 16.3 Å². The van der Waals surface area contributed by atoms with Crippen LogP contribution in [0, 0.1) is 5.82 Å². The van der Waals surface area contributed by atoms with E-state index in [1.807, 2.05) is 0 Å². The highest BCUT2D eigenvalue weighted by Crippen LogP contribution is 2.23. The van der Waals surface area contributed by atoms with E-state index in [-0.39, 0.29) is 5.69 Å². The van der Waals surface area contributed by atoms with Gasteiger partial charge in [-0.1, -0.05) is 11.6 Å². The number of ether oxygens (including phenoxy) is 1. The van der Waals surface area contributed by atoms with Gasteiger partial charge in [0.2, 0.25) is 0 Å². The van der Waals surface area contributed by atoms with Gasteiger partial charge in [-0.15, -0.1) is 11.3 Å². The van der Waals surface area contributed by atoms with Crippen LogP contribution in [0.3, 0.4) is 0 Å². The number of nitrogens with one attached hydrogen (secondary N) is 2. The third-order valence-corrected chi connectivity index (χ3v) is 3.69. The summed E-state index contributed by atoms with van der Waals surface area (Å²) >= 11 is 7.17. The van der Waals surface area contributed by atoms with Gasteiger partial charge in [0.05, 0.1) is 18.4 Å². The summed E-state index contributed by atoms with van der Waals surface area (Å²) < 4.78 is 19.5. The van der Waals surface area contributed by atoms with Crippen molar-refractivity contribution in [3.05, 3.63) is 39.6 Å². The summed E-state index contributed by atoms with van der Waals surface area (Å²) in [7, 11) is 0. The lowest BCUT2D eigenvalue weighted by molar-refractivity contribution is 0.0635. The summed E-state index contributed by atoms with van der Waals surface area (Å²) in [4.78, 5) is 15.9. The lowest BCUT2D eigenvalue weighted by Crippen LogP contribution is -2.27. The first kappa shape index (κ1) is 17.5. The molecule has 2 rings (SSSR count). The highest BCUT2D eigenvalue weighted by molar-refractivity contribution is 7.15. The molecule has 0 fully saturated rings. The number of carbonyl (C=O) groups is 1. The van der Waals surface area contributed by atoms with Crippen LogP contribution >= 0.6 is 22.9 Å². The van der Waals surface area contributed by atoms with Crippen molar-refractivity contribution in [2.75, 3.05) is 10.6 Å². The zero-order valence-electron chi connectivity index (χ0n) is 12.9. The molecule has 1 amide bonds. The van der Waals surface area contributed by atoms with Gasteiger partial charge in [0, 0.05) is 5.69 Å². The van der Waals surface area contributed by atoms with Gasteiger partial charge in [0.1, 0.15) is 20.8 Å². The number of aromatic nitrogens is 1. The van der Waals surface area contributed by atoms with E-state index in [0.717, 1.165) is 5.01 Å². The average Bonchev–Trinajstić information content (AvgIpc) is 2.83. The van der Waals surface area contributed by atoms with Gasteiger partial charge in [-0.05, 0) is 39.0 Å². The first-order chi connectivity index (χ1) is 10.7. The predicted octanol–water partition coefficient (Wildman–Crippen LogP) is 4.89. The molecule has 0 atom stereocenters. The molecule has 0 bridgehead atoms. The van der Waals surface area contributed by atoms with Crippen LogP contribution in [0.1, 0.15) is 25.8 Å². The minimum Gasteiger partial charge on any atom is -0.444 e. The van der Waals surface area contributed by atoms with Crippen LogP contribution in [0.15, 0.2) is 24.4 Å². The summed E-state index contributed by atoms with van der Waals surface area (Å²) in [5, 5.41) is 6.30. The topological polar surface area (TPSA) is 63.2 Å². The monoisotopic (exact) mass is 357 g/mol. The average molecular weight is 358 g/mol. The molecule has 5 nitrogen and oxygen atoms in total. The number of thiazole rings is 1. The van der Waals surface area contributed by atoms with Crippen LogP contribution in [0.2, 0.25) is 4.34 Å². The van der Waals surface area contributed by atoms with Crippen molar-refractivity contribution < 1.29 is 13.9 Å². The van der Waals surface area contributed by atoms with Crippen molar-refractivity contribution in [2.45, 2.75) is 32.9 Å². The molecule has 0 saturated heterocycles. The maximum absolute atomic E-state index is 13.8. The summed E-state index contributed by atoms with van der Waals surface area (Å²) in [6.45, 7) is 5.66. The van der Waals surface area contributed by atoms with Crippen molar-refractivity contribution in [3.63, 3.8) is 0 Å². The Labute approximate surface area is 142 Å². The molecule has 0 aliphatic rings. The Kier molecular flexibility index (Phi) is 5.43. The second-order valence-electron chi connectivity index (χ2n) is 5.73. The number of anilines is 2. The van der Waals surface area contributed by atoms with Crippen molar-refractivity contribution in [3.8, 4) is 0 Å². The van der Waals surface area contributed by atoms with Gasteiger partial charge in [-0.25, -0.2) is 14.2 Å². The molecular weight excluding hydrogens is 341 g/mol. The van der Waals surface area contributed by atoms with Gasteiger partial charge >= 0.3 is 6.09 Å².